The standard InChI is InChI=1S/C24H29N3O2S2/c1-18-8-6-9-19(2)23(18)25-21(28)16-26-12-7-13-27(15-14-26)22(29)17-31-24(30)20-10-4-3-5-11-20/h3-6,8-11H,7,12-17H2,1-2H3,(H,25,28). The van der Waals surface area contributed by atoms with E-state index in [1.807, 2.05) is 67.3 Å². The first-order chi connectivity index (χ1) is 14.9. The van der Waals surface area contributed by atoms with Crippen LogP contribution in [0.25, 0.3) is 0 Å². The molecule has 2 aromatic carbocycles. The monoisotopic (exact) mass is 455 g/mol. The van der Waals surface area contributed by atoms with E-state index in [0.29, 0.717) is 31.9 Å². The van der Waals surface area contributed by atoms with Crippen LogP contribution in [-0.4, -0.2) is 64.3 Å². The van der Waals surface area contributed by atoms with Crippen molar-refractivity contribution in [3.63, 3.8) is 0 Å². The topological polar surface area (TPSA) is 52.7 Å². The maximum Gasteiger partial charge on any atom is 0.238 e. The second-order valence-electron chi connectivity index (χ2n) is 7.77. The smallest absolute Gasteiger partial charge is 0.238 e. The van der Waals surface area contributed by atoms with Crippen LogP contribution in [0.5, 0.6) is 0 Å². The predicted molar refractivity (Wildman–Crippen MR) is 133 cm³/mol. The van der Waals surface area contributed by atoms with Crippen LogP contribution >= 0.6 is 24.0 Å². The lowest BCUT2D eigenvalue weighted by atomic mass is 10.1. The zero-order chi connectivity index (χ0) is 22.2. The SMILES string of the molecule is Cc1cccc(C)c1NC(=O)CN1CCCN(C(=O)CSC(=S)c2ccccc2)CC1. The molecule has 2 amide bonds. The highest BCUT2D eigenvalue weighted by Crippen LogP contribution is 2.19. The molecular formula is C24H29N3O2S2. The summed E-state index contributed by atoms with van der Waals surface area (Å²) in [7, 11) is 0. The third-order valence-electron chi connectivity index (χ3n) is 5.39. The van der Waals surface area contributed by atoms with E-state index in [4.69, 9.17) is 12.2 Å². The fourth-order valence-corrected chi connectivity index (χ4v) is 4.70. The molecule has 0 radical (unpaired) electrons. The highest BCUT2D eigenvalue weighted by molar-refractivity contribution is 8.24. The van der Waals surface area contributed by atoms with Crippen molar-refractivity contribution in [3.8, 4) is 0 Å². The Labute approximate surface area is 194 Å². The van der Waals surface area contributed by atoms with Gasteiger partial charge < -0.3 is 10.2 Å². The van der Waals surface area contributed by atoms with E-state index in [1.165, 1.54) is 11.8 Å². The van der Waals surface area contributed by atoms with Crippen LogP contribution < -0.4 is 5.32 Å². The summed E-state index contributed by atoms with van der Waals surface area (Å²) in [6.45, 7) is 7.18. The van der Waals surface area contributed by atoms with Crippen LogP contribution in [-0.2, 0) is 9.59 Å². The Morgan fingerprint density at radius 1 is 0.968 bits per heavy atom. The van der Waals surface area contributed by atoms with Gasteiger partial charge in [-0.1, -0.05) is 60.7 Å². The molecule has 0 aromatic heterocycles. The van der Waals surface area contributed by atoms with Gasteiger partial charge in [-0.2, -0.15) is 0 Å². The molecule has 0 unspecified atom stereocenters. The van der Waals surface area contributed by atoms with Gasteiger partial charge in [-0.05, 0) is 37.0 Å². The first kappa shape index (κ1) is 23.4. The lowest BCUT2D eigenvalue weighted by Gasteiger charge is -2.22. The van der Waals surface area contributed by atoms with Gasteiger partial charge in [0, 0.05) is 31.9 Å². The predicted octanol–water partition coefficient (Wildman–Crippen LogP) is 3.89. The number of amides is 2. The third-order valence-corrected chi connectivity index (χ3v) is 6.87. The van der Waals surface area contributed by atoms with Gasteiger partial charge in [0.05, 0.1) is 16.5 Å². The molecule has 5 nitrogen and oxygen atoms in total. The number of thiocarbonyl (C=S) groups is 1. The molecule has 3 rings (SSSR count). The van der Waals surface area contributed by atoms with Crippen molar-refractivity contribution in [1.29, 1.82) is 0 Å². The fraction of sp³-hybridized carbons (Fsp3) is 0.375. The molecule has 1 fully saturated rings. The van der Waals surface area contributed by atoms with Gasteiger partial charge in [0.2, 0.25) is 11.8 Å². The molecule has 164 valence electrons. The Kier molecular flexibility index (Phi) is 8.63. The van der Waals surface area contributed by atoms with Gasteiger partial charge in [0.1, 0.15) is 0 Å². The van der Waals surface area contributed by atoms with E-state index in [1.54, 1.807) is 0 Å². The average molecular weight is 456 g/mol. The van der Waals surface area contributed by atoms with E-state index in [0.717, 1.165) is 39.5 Å². The zero-order valence-corrected chi connectivity index (χ0v) is 19.7. The van der Waals surface area contributed by atoms with Crippen LogP contribution in [0.15, 0.2) is 48.5 Å². The van der Waals surface area contributed by atoms with Crippen LogP contribution in [0.2, 0.25) is 0 Å². The molecule has 7 heteroatoms. The highest BCUT2D eigenvalue weighted by atomic mass is 32.2. The van der Waals surface area contributed by atoms with Crippen LogP contribution in [0, 0.1) is 13.8 Å². The fourth-order valence-electron chi connectivity index (χ4n) is 3.65. The van der Waals surface area contributed by atoms with Crippen molar-refractivity contribution in [2.24, 2.45) is 0 Å². The van der Waals surface area contributed by atoms with Crippen molar-refractivity contribution in [3.05, 3.63) is 65.2 Å². The summed E-state index contributed by atoms with van der Waals surface area (Å²) in [6, 6.07) is 15.8. The van der Waals surface area contributed by atoms with Crippen LogP contribution in [0.4, 0.5) is 5.69 Å². The highest BCUT2D eigenvalue weighted by Gasteiger charge is 2.21. The number of rotatable bonds is 6. The molecule has 1 heterocycles. The minimum atomic E-state index is -0.0130. The number of carbonyl (C=O) groups is 2. The number of thioether (sulfide) groups is 1. The average Bonchev–Trinajstić information content (AvgIpc) is 3.00. The molecule has 0 saturated carbocycles. The Balaban J connectivity index is 1.45. The van der Waals surface area contributed by atoms with E-state index in [2.05, 4.69) is 10.2 Å². The maximum absolute atomic E-state index is 12.7. The number of benzene rings is 2. The molecule has 1 N–H and O–H groups in total. The van der Waals surface area contributed by atoms with E-state index in [9.17, 15) is 9.59 Å². The quantitative estimate of drug-likeness (QED) is 0.670. The largest absolute Gasteiger partial charge is 0.341 e. The number of aryl methyl sites for hydroxylation is 2. The van der Waals surface area contributed by atoms with Gasteiger partial charge in [0.25, 0.3) is 0 Å². The number of hydrogen-bond acceptors (Lipinski definition) is 5. The third kappa shape index (κ3) is 6.89. The van der Waals surface area contributed by atoms with Gasteiger partial charge in [0.15, 0.2) is 0 Å². The molecule has 0 aliphatic carbocycles. The number of para-hydroxylation sites is 1. The lowest BCUT2D eigenvalue weighted by Crippen LogP contribution is -2.38. The molecule has 0 bridgehead atoms. The van der Waals surface area contributed by atoms with Gasteiger partial charge in [-0.3, -0.25) is 14.5 Å². The molecular weight excluding hydrogens is 426 g/mol. The van der Waals surface area contributed by atoms with Crippen LogP contribution in [0.3, 0.4) is 0 Å². The second kappa shape index (κ2) is 11.4. The van der Waals surface area contributed by atoms with E-state index >= 15 is 0 Å². The number of nitrogens with zero attached hydrogens (tertiary/aromatic N) is 2. The number of anilines is 1. The lowest BCUT2D eigenvalue weighted by molar-refractivity contribution is -0.128. The molecule has 1 saturated heterocycles. The number of carbonyl (C=O) groups excluding carboxylic acids is 2. The molecule has 0 atom stereocenters. The van der Waals surface area contributed by atoms with Gasteiger partial charge in [-0.15, -0.1) is 11.8 Å². The summed E-state index contributed by atoms with van der Waals surface area (Å²) >= 11 is 6.86. The molecule has 1 aliphatic rings. The second-order valence-corrected chi connectivity index (χ2v) is 9.42. The molecule has 31 heavy (non-hydrogen) atoms. The van der Waals surface area contributed by atoms with E-state index in [-0.39, 0.29) is 11.8 Å². The Morgan fingerprint density at radius 2 is 1.68 bits per heavy atom. The Hall–Kier alpha value is -2.22. The van der Waals surface area contributed by atoms with Crippen molar-refractivity contribution in [2.75, 3.05) is 43.8 Å². The molecule has 2 aromatic rings. The molecule has 1 aliphatic heterocycles. The van der Waals surface area contributed by atoms with Crippen molar-refractivity contribution < 1.29 is 9.59 Å². The number of hydrogen-bond donors (Lipinski definition) is 1. The summed E-state index contributed by atoms with van der Waals surface area (Å²) in [5.41, 5.74) is 4.00. The Bertz CT molecular complexity index is 913. The van der Waals surface area contributed by atoms with Crippen molar-refractivity contribution >= 4 is 45.7 Å². The summed E-state index contributed by atoms with van der Waals surface area (Å²) < 4.78 is 0.744. The minimum absolute atomic E-state index is 0.0130. The van der Waals surface area contributed by atoms with Gasteiger partial charge >= 0.3 is 0 Å². The Morgan fingerprint density at radius 3 is 2.39 bits per heavy atom. The van der Waals surface area contributed by atoms with Gasteiger partial charge in [-0.25, -0.2) is 0 Å². The molecule has 0 spiro atoms. The van der Waals surface area contributed by atoms with E-state index < -0.39 is 0 Å². The summed E-state index contributed by atoms with van der Waals surface area (Å²) in [5.74, 6) is 0.437. The summed E-state index contributed by atoms with van der Waals surface area (Å²) in [6.07, 6.45) is 0.857. The first-order valence-electron chi connectivity index (χ1n) is 10.5. The normalized spacial score (nSPS) is 14.7. The first-order valence-corrected chi connectivity index (χ1v) is 11.9. The summed E-state index contributed by atoms with van der Waals surface area (Å²) in [4.78, 5) is 29.3. The van der Waals surface area contributed by atoms with Crippen molar-refractivity contribution in [2.45, 2.75) is 20.3 Å². The zero-order valence-electron chi connectivity index (χ0n) is 18.1. The van der Waals surface area contributed by atoms with Crippen LogP contribution in [0.1, 0.15) is 23.1 Å². The summed E-state index contributed by atoms with van der Waals surface area (Å²) in [5, 5.41) is 3.05. The maximum atomic E-state index is 12.7. The van der Waals surface area contributed by atoms with Crippen molar-refractivity contribution in [1.82, 2.24) is 9.80 Å². The number of nitrogens with one attached hydrogen (secondary N) is 1. The minimum Gasteiger partial charge on any atom is -0.341 e.